The number of hydrogen-bond donors (Lipinski definition) is 0. The number of thiophene rings is 1. The molecule has 2 heterocycles. The fourth-order valence-corrected chi connectivity index (χ4v) is 12.8. The highest BCUT2D eigenvalue weighted by atomic mass is 32.1. The molecular weight excluding hydrogens is 869 g/mol. The Morgan fingerprint density at radius 2 is 1.03 bits per heavy atom. The van der Waals surface area contributed by atoms with Crippen molar-refractivity contribution >= 4 is 70.7 Å². The van der Waals surface area contributed by atoms with E-state index in [4.69, 9.17) is 14.4 Å². The lowest BCUT2D eigenvalue weighted by Gasteiger charge is -2.30. The Labute approximate surface area is 409 Å². The van der Waals surface area contributed by atoms with Gasteiger partial charge in [-0.05, 0) is 110 Å². The molecule has 0 saturated carbocycles. The maximum atomic E-state index is 6.62. The molecule has 0 bridgehead atoms. The Hall–Kier alpha value is -8.70. The van der Waals surface area contributed by atoms with Gasteiger partial charge < -0.3 is 4.42 Å². The van der Waals surface area contributed by atoms with Crippen molar-refractivity contribution in [2.24, 2.45) is 9.98 Å². The van der Waals surface area contributed by atoms with Gasteiger partial charge in [0.1, 0.15) is 11.2 Å². The molecule has 2 aliphatic rings. The third-order valence-corrected chi connectivity index (χ3v) is 15.8. The van der Waals surface area contributed by atoms with Gasteiger partial charge in [0.05, 0.1) is 11.1 Å². The van der Waals surface area contributed by atoms with E-state index in [0.717, 1.165) is 55.5 Å². The first-order valence-electron chi connectivity index (χ1n) is 23.8. The first kappa shape index (κ1) is 40.4. The highest BCUT2D eigenvalue weighted by Crippen LogP contribution is 2.64. The van der Waals surface area contributed by atoms with Crippen LogP contribution in [0.2, 0.25) is 0 Å². The van der Waals surface area contributed by atoms with Crippen molar-refractivity contribution in [1.82, 2.24) is 0 Å². The van der Waals surface area contributed by atoms with Crippen LogP contribution in [0, 0.1) is 0 Å². The molecule has 4 heteroatoms. The summed E-state index contributed by atoms with van der Waals surface area (Å²) in [5.74, 6) is 0.578. The summed E-state index contributed by atoms with van der Waals surface area (Å²) in [4.78, 5) is 10.7. The lowest BCUT2D eigenvalue weighted by atomic mass is 9.70. The molecule has 10 aromatic carbocycles. The number of fused-ring (bicyclic) bond motifs is 16. The van der Waals surface area contributed by atoms with Crippen molar-refractivity contribution in [2.75, 3.05) is 0 Å². The zero-order valence-corrected chi connectivity index (χ0v) is 39.1. The van der Waals surface area contributed by atoms with Gasteiger partial charge >= 0.3 is 0 Å². The third-order valence-electron chi connectivity index (χ3n) is 14.7. The molecule has 3 nitrogen and oxygen atoms in total. The summed E-state index contributed by atoms with van der Waals surface area (Å²) in [7, 11) is 0. The normalized spacial score (nSPS) is 13.6. The predicted molar refractivity (Wildman–Crippen MR) is 294 cm³/mol. The number of aliphatic imine (C=N–C) groups is 2. The van der Waals surface area contributed by atoms with Crippen LogP contribution in [0.3, 0.4) is 0 Å². The Morgan fingerprint density at radius 1 is 0.443 bits per heavy atom. The first-order valence-corrected chi connectivity index (χ1v) is 24.6. The molecule has 328 valence electrons. The van der Waals surface area contributed by atoms with Crippen LogP contribution >= 0.6 is 11.3 Å². The fourth-order valence-electron chi connectivity index (χ4n) is 11.7. The fraction of sp³-hybridized carbons (Fsp3) is 0.0303. The van der Waals surface area contributed by atoms with E-state index in [0.29, 0.717) is 11.5 Å². The van der Waals surface area contributed by atoms with Crippen LogP contribution in [-0.4, -0.2) is 11.5 Å². The summed E-state index contributed by atoms with van der Waals surface area (Å²) >= 11 is 1.79. The summed E-state index contributed by atoms with van der Waals surface area (Å²) in [5, 5.41) is 4.34. The summed E-state index contributed by atoms with van der Waals surface area (Å²) in [6.07, 6.45) is 0. The Bertz CT molecular complexity index is 4160. The van der Waals surface area contributed by atoms with Crippen molar-refractivity contribution in [1.29, 1.82) is 0 Å². The van der Waals surface area contributed by atoms with Crippen molar-refractivity contribution < 1.29 is 4.42 Å². The van der Waals surface area contributed by atoms with Gasteiger partial charge in [-0.15, -0.1) is 11.3 Å². The third kappa shape index (κ3) is 5.93. The van der Waals surface area contributed by atoms with E-state index >= 15 is 0 Å². The summed E-state index contributed by atoms with van der Waals surface area (Å²) in [5.41, 5.74) is 20.9. The van der Waals surface area contributed by atoms with Crippen LogP contribution in [0.4, 0.5) is 0 Å². The van der Waals surface area contributed by atoms with Gasteiger partial charge in [0, 0.05) is 47.8 Å². The van der Waals surface area contributed by atoms with Crippen LogP contribution in [0.1, 0.15) is 45.9 Å². The minimum absolute atomic E-state index is 0.382. The summed E-state index contributed by atoms with van der Waals surface area (Å²) in [6.45, 7) is 6.66. The zero-order chi connectivity index (χ0) is 46.5. The quantitative estimate of drug-likeness (QED) is 0.121. The van der Waals surface area contributed by atoms with Crippen LogP contribution in [-0.2, 0) is 5.41 Å². The molecule has 70 heavy (non-hydrogen) atoms. The highest BCUT2D eigenvalue weighted by Gasteiger charge is 2.52. The molecule has 0 atom stereocenters. The van der Waals surface area contributed by atoms with Crippen LogP contribution in [0.25, 0.3) is 92.3 Å². The Kier molecular flexibility index (Phi) is 9.04. The predicted octanol–water partition coefficient (Wildman–Crippen LogP) is 17.6. The average molecular weight is 911 g/mol. The SMILES string of the molecule is C=C(N=C(N=C(C)c1ccccc1)c1cccc2oc3ccc(-c4ccc(-c5cccc6c5-c5ccccc5C65c6ccccc6-c6ccccc65)cc4)cc3c12)c1cccc2sc3ccccc3c12. The van der Waals surface area contributed by atoms with E-state index in [1.807, 2.05) is 37.3 Å². The van der Waals surface area contributed by atoms with Gasteiger partial charge in [-0.1, -0.05) is 201 Å². The lowest BCUT2D eigenvalue weighted by molar-refractivity contribution is 0.669. The minimum atomic E-state index is -0.382. The minimum Gasteiger partial charge on any atom is -0.456 e. The molecule has 0 fully saturated rings. The van der Waals surface area contributed by atoms with E-state index < -0.39 is 0 Å². The molecule has 2 aliphatic carbocycles. The monoisotopic (exact) mass is 910 g/mol. The number of benzene rings is 10. The molecule has 2 aromatic heterocycles. The molecule has 1 spiro atoms. The van der Waals surface area contributed by atoms with Crippen LogP contribution < -0.4 is 0 Å². The van der Waals surface area contributed by atoms with E-state index in [2.05, 4.69) is 201 Å². The number of hydrogen-bond acceptors (Lipinski definition) is 3. The van der Waals surface area contributed by atoms with Crippen molar-refractivity contribution in [3.05, 3.63) is 270 Å². The second-order valence-corrected chi connectivity index (χ2v) is 19.5. The number of rotatable bonds is 6. The van der Waals surface area contributed by atoms with Gasteiger partial charge in [-0.3, -0.25) is 0 Å². The molecule has 0 unspecified atom stereocenters. The smallest absolute Gasteiger partial charge is 0.160 e. The van der Waals surface area contributed by atoms with Crippen LogP contribution in [0.5, 0.6) is 0 Å². The lowest BCUT2D eigenvalue weighted by Crippen LogP contribution is -2.25. The summed E-state index contributed by atoms with van der Waals surface area (Å²) < 4.78 is 9.06. The molecule has 0 aliphatic heterocycles. The molecule has 0 amide bonds. The van der Waals surface area contributed by atoms with Crippen molar-refractivity contribution in [3.63, 3.8) is 0 Å². The molecular formula is C66H42N2OS. The van der Waals surface area contributed by atoms with Gasteiger partial charge in [0.15, 0.2) is 5.84 Å². The largest absolute Gasteiger partial charge is 0.456 e. The van der Waals surface area contributed by atoms with E-state index in [1.165, 1.54) is 75.8 Å². The van der Waals surface area contributed by atoms with E-state index in [1.54, 1.807) is 11.3 Å². The number of amidine groups is 1. The summed E-state index contributed by atoms with van der Waals surface area (Å²) in [6, 6.07) is 80.9. The van der Waals surface area contributed by atoms with E-state index in [-0.39, 0.29) is 5.41 Å². The second kappa shape index (κ2) is 15.7. The number of nitrogens with zero attached hydrogens (tertiary/aromatic N) is 2. The Morgan fingerprint density at radius 3 is 1.81 bits per heavy atom. The second-order valence-electron chi connectivity index (χ2n) is 18.4. The number of furan rings is 1. The van der Waals surface area contributed by atoms with E-state index in [9.17, 15) is 0 Å². The average Bonchev–Trinajstić information content (AvgIpc) is 4.16. The molecule has 12 aromatic rings. The van der Waals surface area contributed by atoms with Gasteiger partial charge in [-0.2, -0.15) is 0 Å². The van der Waals surface area contributed by atoms with Gasteiger partial charge in [0.25, 0.3) is 0 Å². The zero-order valence-electron chi connectivity index (χ0n) is 38.3. The maximum Gasteiger partial charge on any atom is 0.160 e. The molecule has 0 saturated heterocycles. The standard InChI is InChI=1S/C66H42N2OS/c1-40(42-17-4-3-5-18-42)67-65(68-41(2)46-23-16-32-61-64(46)51-22-9-13-31-60(51)70-61)52-25-15-30-59-63(52)53-39-45(37-38-58(53)69-59)43-33-35-44(36-34-43)47-24-14-29-57-62(47)50-21-8-12-28-56(50)66(57)54-26-10-6-19-48(54)49-20-7-11-27-55(49)66/h3-39H,2H2,1H3. The molecule has 14 rings (SSSR count). The first-order chi connectivity index (χ1) is 34.5. The van der Waals surface area contributed by atoms with Gasteiger partial charge in [0.2, 0.25) is 0 Å². The molecule has 0 N–H and O–H groups in total. The highest BCUT2D eigenvalue weighted by molar-refractivity contribution is 7.25. The van der Waals surface area contributed by atoms with Crippen molar-refractivity contribution in [2.45, 2.75) is 12.3 Å². The van der Waals surface area contributed by atoms with Gasteiger partial charge in [-0.25, -0.2) is 9.98 Å². The molecule has 0 radical (unpaired) electrons. The topological polar surface area (TPSA) is 37.9 Å². The van der Waals surface area contributed by atoms with Crippen molar-refractivity contribution in [3.8, 4) is 44.5 Å². The van der Waals surface area contributed by atoms with Crippen LogP contribution in [0.15, 0.2) is 245 Å². The maximum absolute atomic E-state index is 6.62. The Balaban J connectivity index is 0.886.